The maximum atomic E-state index is 10.6. The van der Waals surface area contributed by atoms with Crippen LogP contribution in [0.5, 0.6) is 11.5 Å². The van der Waals surface area contributed by atoms with Crippen LogP contribution in [-0.4, -0.2) is 16.1 Å². The molecule has 2 aliphatic heterocycles. The van der Waals surface area contributed by atoms with Gasteiger partial charge in [0.2, 0.25) is 0 Å². The molecule has 28 heavy (non-hydrogen) atoms. The van der Waals surface area contributed by atoms with E-state index in [2.05, 4.69) is 6.08 Å². The minimum absolute atomic E-state index is 0.0849. The van der Waals surface area contributed by atoms with Gasteiger partial charge in [-0.3, -0.25) is 10.1 Å². The second-order valence-electron chi connectivity index (χ2n) is 7.85. The number of hydrogen-bond acceptors (Lipinski definition) is 5. The van der Waals surface area contributed by atoms with E-state index < -0.39 is 4.92 Å². The van der Waals surface area contributed by atoms with Crippen molar-refractivity contribution in [1.29, 1.82) is 0 Å². The Morgan fingerprint density at radius 1 is 0.857 bits per heavy atom. The molecule has 0 saturated carbocycles. The lowest BCUT2D eigenvalue weighted by Crippen LogP contribution is -2.27. The fourth-order valence-corrected chi connectivity index (χ4v) is 2.88. The van der Waals surface area contributed by atoms with Gasteiger partial charge in [-0.2, -0.15) is 0 Å². The number of rotatable bonds is 1. The first kappa shape index (κ1) is 19.5. The van der Waals surface area contributed by atoms with Crippen LogP contribution in [0, 0.1) is 10.1 Å². The van der Waals surface area contributed by atoms with Crippen molar-refractivity contribution >= 4 is 23.5 Å². The highest BCUT2D eigenvalue weighted by Crippen LogP contribution is 2.33. The monoisotopic (exact) mass is 380 g/mol. The third-order valence-corrected chi connectivity index (χ3v) is 4.31. The van der Waals surface area contributed by atoms with Gasteiger partial charge in [0, 0.05) is 28.9 Å². The van der Waals surface area contributed by atoms with Gasteiger partial charge in [-0.15, -0.1) is 0 Å². The summed E-state index contributed by atoms with van der Waals surface area (Å²) >= 11 is 0. The average molecular weight is 380 g/mol. The number of nitrogens with two attached hydrogens (primary N) is 1. The second kappa shape index (κ2) is 7.03. The van der Waals surface area contributed by atoms with Gasteiger partial charge in [0.25, 0.3) is 5.69 Å². The predicted octanol–water partition coefficient (Wildman–Crippen LogP) is 5.23. The Bertz CT molecular complexity index is 974. The number of non-ortho nitro benzene ring substituents is 1. The van der Waals surface area contributed by atoms with Gasteiger partial charge in [-0.1, -0.05) is 12.2 Å². The van der Waals surface area contributed by atoms with E-state index in [9.17, 15) is 10.1 Å². The Morgan fingerprint density at radius 2 is 1.36 bits per heavy atom. The molecule has 0 atom stereocenters. The highest BCUT2D eigenvalue weighted by Gasteiger charge is 2.23. The van der Waals surface area contributed by atoms with E-state index in [4.69, 9.17) is 15.2 Å². The molecule has 0 aliphatic carbocycles. The molecule has 0 saturated heterocycles. The largest absolute Gasteiger partial charge is 0.483 e. The van der Waals surface area contributed by atoms with E-state index >= 15 is 0 Å². The summed E-state index contributed by atoms with van der Waals surface area (Å²) in [7, 11) is 0. The molecule has 0 amide bonds. The van der Waals surface area contributed by atoms with Gasteiger partial charge in [0.15, 0.2) is 0 Å². The molecule has 0 aromatic heterocycles. The maximum absolute atomic E-state index is 10.6. The standard InChI is InChI=1S/C11H11NO3.C11H13NO/c1-11(2)6-5-8-7-9(12(13)14)3-4-10(8)15-11;1-11(2)6-5-8-7-9(12)3-4-10(8)13-11/h3-7H,1-2H3;3-7H,12H2,1-2H3. The first-order valence-corrected chi connectivity index (χ1v) is 8.99. The molecule has 6 nitrogen and oxygen atoms in total. The van der Waals surface area contributed by atoms with Gasteiger partial charge in [0.05, 0.1) is 4.92 Å². The highest BCUT2D eigenvalue weighted by molar-refractivity contribution is 5.65. The van der Waals surface area contributed by atoms with E-state index in [0.717, 1.165) is 22.6 Å². The summed E-state index contributed by atoms with van der Waals surface area (Å²) in [6, 6.07) is 10.3. The number of benzene rings is 2. The lowest BCUT2D eigenvalue weighted by Gasteiger charge is -2.27. The number of nitrogens with zero attached hydrogens (tertiary/aromatic N) is 1. The molecule has 0 fully saturated rings. The molecule has 0 spiro atoms. The number of hydrogen-bond donors (Lipinski definition) is 1. The molecule has 0 bridgehead atoms. The van der Waals surface area contributed by atoms with Crippen LogP contribution < -0.4 is 15.2 Å². The van der Waals surface area contributed by atoms with Crippen LogP contribution in [0.3, 0.4) is 0 Å². The van der Waals surface area contributed by atoms with Gasteiger partial charge in [-0.25, -0.2) is 0 Å². The number of nitrogen functional groups attached to an aromatic ring is 1. The molecule has 2 aliphatic rings. The van der Waals surface area contributed by atoms with Crippen molar-refractivity contribution in [2.45, 2.75) is 38.9 Å². The highest BCUT2D eigenvalue weighted by atomic mass is 16.6. The van der Waals surface area contributed by atoms with Crippen molar-refractivity contribution < 1.29 is 14.4 Å². The molecule has 2 aromatic rings. The molecule has 4 rings (SSSR count). The molecular weight excluding hydrogens is 356 g/mol. The molecule has 146 valence electrons. The lowest BCUT2D eigenvalue weighted by molar-refractivity contribution is -0.384. The quantitative estimate of drug-likeness (QED) is 0.416. The van der Waals surface area contributed by atoms with Crippen LogP contribution in [0.4, 0.5) is 11.4 Å². The second-order valence-corrected chi connectivity index (χ2v) is 7.85. The SMILES string of the molecule is CC1(C)C=Cc2cc(N)ccc2O1.CC1(C)C=Cc2cc([N+](=O)[O-])ccc2O1. The van der Waals surface area contributed by atoms with Crippen LogP contribution in [0.1, 0.15) is 38.8 Å². The minimum Gasteiger partial charge on any atom is -0.483 e. The smallest absolute Gasteiger partial charge is 0.270 e. The zero-order valence-electron chi connectivity index (χ0n) is 16.4. The van der Waals surface area contributed by atoms with Crippen molar-refractivity contribution in [3.05, 3.63) is 69.8 Å². The fraction of sp³-hybridized carbons (Fsp3) is 0.273. The van der Waals surface area contributed by atoms with E-state index in [1.807, 2.05) is 64.1 Å². The number of ether oxygens (including phenoxy) is 2. The summed E-state index contributed by atoms with van der Waals surface area (Å²) in [4.78, 5) is 10.1. The van der Waals surface area contributed by atoms with E-state index in [1.165, 1.54) is 12.1 Å². The Labute approximate surface area is 164 Å². The summed E-state index contributed by atoms with van der Waals surface area (Å²) in [6.07, 6.45) is 7.83. The first-order valence-electron chi connectivity index (χ1n) is 8.99. The number of nitro groups is 1. The summed E-state index contributed by atoms with van der Waals surface area (Å²) in [5.74, 6) is 1.59. The van der Waals surface area contributed by atoms with Crippen molar-refractivity contribution in [2.24, 2.45) is 0 Å². The minimum atomic E-state index is -0.409. The van der Waals surface area contributed by atoms with Gasteiger partial charge < -0.3 is 15.2 Å². The normalized spacial score (nSPS) is 17.1. The molecule has 0 unspecified atom stereocenters. The van der Waals surface area contributed by atoms with Crippen LogP contribution in [-0.2, 0) is 0 Å². The molecule has 2 N–H and O–H groups in total. The van der Waals surface area contributed by atoms with Crippen LogP contribution in [0.2, 0.25) is 0 Å². The van der Waals surface area contributed by atoms with Crippen molar-refractivity contribution in [3.8, 4) is 11.5 Å². The molecule has 0 radical (unpaired) electrons. The zero-order valence-corrected chi connectivity index (χ0v) is 16.4. The molecule has 6 heteroatoms. The third-order valence-electron chi connectivity index (χ3n) is 4.31. The van der Waals surface area contributed by atoms with E-state index in [0.29, 0.717) is 5.75 Å². The Hall–Kier alpha value is -3.28. The van der Waals surface area contributed by atoms with Crippen LogP contribution in [0.25, 0.3) is 12.2 Å². The van der Waals surface area contributed by atoms with E-state index in [1.54, 1.807) is 6.07 Å². The molecule has 2 heterocycles. The summed E-state index contributed by atoms with van der Waals surface area (Å²) in [5.41, 5.74) is 7.77. The van der Waals surface area contributed by atoms with E-state index in [-0.39, 0.29) is 16.9 Å². The Kier molecular flexibility index (Phi) is 4.89. The third kappa shape index (κ3) is 4.52. The predicted molar refractivity (Wildman–Crippen MR) is 111 cm³/mol. The average Bonchev–Trinajstić information content (AvgIpc) is 2.61. The van der Waals surface area contributed by atoms with Crippen molar-refractivity contribution in [2.75, 3.05) is 5.73 Å². The molecule has 2 aromatic carbocycles. The first-order chi connectivity index (χ1) is 13.0. The van der Waals surface area contributed by atoms with Gasteiger partial charge in [0.1, 0.15) is 22.7 Å². The topological polar surface area (TPSA) is 87.6 Å². The number of nitro benzene ring substituents is 1. The van der Waals surface area contributed by atoms with Gasteiger partial charge in [-0.05, 0) is 64.1 Å². The van der Waals surface area contributed by atoms with Gasteiger partial charge >= 0.3 is 0 Å². The van der Waals surface area contributed by atoms with Crippen LogP contribution >= 0.6 is 0 Å². The van der Waals surface area contributed by atoms with Crippen molar-refractivity contribution in [3.63, 3.8) is 0 Å². The molecular formula is C22H24N2O4. The number of anilines is 1. The fourth-order valence-electron chi connectivity index (χ4n) is 2.88. The zero-order chi connectivity index (χ0) is 20.5. The number of fused-ring (bicyclic) bond motifs is 2. The maximum Gasteiger partial charge on any atom is 0.270 e. The van der Waals surface area contributed by atoms with Crippen molar-refractivity contribution in [1.82, 2.24) is 0 Å². The Morgan fingerprint density at radius 3 is 1.89 bits per heavy atom. The summed E-state index contributed by atoms with van der Waals surface area (Å²) in [5, 5.41) is 10.6. The Balaban J connectivity index is 0.000000162. The lowest BCUT2D eigenvalue weighted by atomic mass is 10.0. The summed E-state index contributed by atoms with van der Waals surface area (Å²) in [6.45, 7) is 7.94. The summed E-state index contributed by atoms with van der Waals surface area (Å²) < 4.78 is 11.4. The van der Waals surface area contributed by atoms with Crippen LogP contribution in [0.15, 0.2) is 48.6 Å².